The van der Waals surface area contributed by atoms with E-state index in [1.54, 1.807) is 59.5 Å². The molecule has 120 valence electrons. The van der Waals surface area contributed by atoms with Gasteiger partial charge in [0.25, 0.3) is 5.91 Å². The molecule has 1 heterocycles. The molecule has 6 heteroatoms. The second kappa shape index (κ2) is 6.78. The third-order valence-electron chi connectivity index (χ3n) is 3.44. The van der Waals surface area contributed by atoms with Gasteiger partial charge < -0.3 is 10.1 Å². The van der Waals surface area contributed by atoms with Crippen LogP contribution >= 0.6 is 0 Å². The van der Waals surface area contributed by atoms with Gasteiger partial charge in [0.1, 0.15) is 0 Å². The predicted molar refractivity (Wildman–Crippen MR) is 89.3 cm³/mol. The van der Waals surface area contributed by atoms with Crippen molar-refractivity contribution in [1.29, 1.82) is 0 Å². The van der Waals surface area contributed by atoms with Gasteiger partial charge in [-0.25, -0.2) is 9.48 Å². The standard InChI is InChI=1S/C18H15N3O3/c1-24-18(23)13-6-4-7-14(12-13)20-17(22)15-8-2-3-9-16(15)21-11-5-10-19-21/h2-12H,1H3,(H,20,22). The lowest BCUT2D eigenvalue weighted by Crippen LogP contribution is -2.15. The van der Waals surface area contributed by atoms with Crippen molar-refractivity contribution in [2.75, 3.05) is 12.4 Å². The lowest BCUT2D eigenvalue weighted by atomic mass is 10.1. The molecule has 0 aliphatic carbocycles. The normalized spacial score (nSPS) is 10.2. The number of nitrogens with zero attached hydrogens (tertiary/aromatic N) is 2. The fraction of sp³-hybridized carbons (Fsp3) is 0.0556. The minimum Gasteiger partial charge on any atom is -0.465 e. The number of methoxy groups -OCH3 is 1. The highest BCUT2D eigenvalue weighted by molar-refractivity contribution is 6.07. The number of amides is 1. The first kappa shape index (κ1) is 15.5. The van der Waals surface area contributed by atoms with Crippen LogP contribution in [0.5, 0.6) is 0 Å². The molecule has 0 saturated heterocycles. The van der Waals surface area contributed by atoms with Crippen molar-refractivity contribution in [2.24, 2.45) is 0 Å². The summed E-state index contributed by atoms with van der Waals surface area (Å²) in [6, 6.07) is 15.5. The first-order chi connectivity index (χ1) is 11.7. The van der Waals surface area contributed by atoms with Crippen LogP contribution in [0, 0.1) is 0 Å². The molecule has 0 unspecified atom stereocenters. The Kier molecular flexibility index (Phi) is 4.38. The van der Waals surface area contributed by atoms with Crippen LogP contribution in [0.3, 0.4) is 0 Å². The summed E-state index contributed by atoms with van der Waals surface area (Å²) in [4.78, 5) is 24.2. The molecular formula is C18H15N3O3. The van der Waals surface area contributed by atoms with E-state index in [-0.39, 0.29) is 5.91 Å². The van der Waals surface area contributed by atoms with Gasteiger partial charge >= 0.3 is 5.97 Å². The summed E-state index contributed by atoms with van der Waals surface area (Å²) in [5, 5.41) is 6.95. The molecule has 0 saturated carbocycles. The summed E-state index contributed by atoms with van der Waals surface area (Å²) in [6.07, 6.45) is 3.42. The van der Waals surface area contributed by atoms with E-state index in [4.69, 9.17) is 0 Å². The van der Waals surface area contributed by atoms with Crippen molar-refractivity contribution in [3.05, 3.63) is 78.1 Å². The average molecular weight is 321 g/mol. The average Bonchev–Trinajstić information content (AvgIpc) is 3.15. The summed E-state index contributed by atoms with van der Waals surface area (Å²) in [5.41, 5.74) is 2.03. The summed E-state index contributed by atoms with van der Waals surface area (Å²) in [6.45, 7) is 0. The summed E-state index contributed by atoms with van der Waals surface area (Å²) < 4.78 is 6.31. The largest absolute Gasteiger partial charge is 0.465 e. The highest BCUT2D eigenvalue weighted by Gasteiger charge is 2.14. The van der Waals surface area contributed by atoms with E-state index in [9.17, 15) is 9.59 Å². The summed E-state index contributed by atoms with van der Waals surface area (Å²) >= 11 is 0. The van der Waals surface area contributed by atoms with Gasteiger partial charge in [0.05, 0.1) is 23.9 Å². The van der Waals surface area contributed by atoms with Crippen LogP contribution in [0.25, 0.3) is 5.69 Å². The van der Waals surface area contributed by atoms with Gasteiger partial charge in [0.2, 0.25) is 0 Å². The molecule has 0 aliphatic heterocycles. The summed E-state index contributed by atoms with van der Waals surface area (Å²) in [7, 11) is 1.31. The molecule has 0 bridgehead atoms. The molecule has 0 radical (unpaired) electrons. The molecule has 0 atom stereocenters. The zero-order valence-corrected chi connectivity index (χ0v) is 13.0. The van der Waals surface area contributed by atoms with E-state index in [2.05, 4.69) is 15.2 Å². The molecule has 0 fully saturated rings. The first-order valence-electron chi connectivity index (χ1n) is 7.28. The van der Waals surface area contributed by atoms with Crippen molar-refractivity contribution < 1.29 is 14.3 Å². The van der Waals surface area contributed by atoms with Crippen LogP contribution in [0.1, 0.15) is 20.7 Å². The monoisotopic (exact) mass is 321 g/mol. The van der Waals surface area contributed by atoms with Crippen LogP contribution in [-0.2, 0) is 4.74 Å². The van der Waals surface area contributed by atoms with Crippen molar-refractivity contribution >= 4 is 17.6 Å². The van der Waals surface area contributed by atoms with Crippen molar-refractivity contribution in [2.45, 2.75) is 0 Å². The number of anilines is 1. The highest BCUT2D eigenvalue weighted by Crippen LogP contribution is 2.17. The van der Waals surface area contributed by atoms with Crippen LogP contribution in [0.2, 0.25) is 0 Å². The topological polar surface area (TPSA) is 73.2 Å². The highest BCUT2D eigenvalue weighted by atomic mass is 16.5. The number of carbonyl (C=O) groups excluding carboxylic acids is 2. The van der Waals surface area contributed by atoms with Crippen LogP contribution in [0.15, 0.2) is 67.0 Å². The molecule has 3 aromatic rings. The maximum Gasteiger partial charge on any atom is 0.337 e. The number of nitrogens with one attached hydrogen (secondary N) is 1. The van der Waals surface area contributed by atoms with Gasteiger partial charge in [-0.3, -0.25) is 4.79 Å². The van der Waals surface area contributed by atoms with E-state index in [0.717, 1.165) is 0 Å². The Morgan fingerprint density at radius 2 is 1.92 bits per heavy atom. The zero-order chi connectivity index (χ0) is 16.9. The lowest BCUT2D eigenvalue weighted by molar-refractivity contribution is 0.0600. The molecule has 1 N–H and O–H groups in total. The molecule has 0 aliphatic rings. The Hall–Kier alpha value is -3.41. The van der Waals surface area contributed by atoms with Crippen LogP contribution in [0.4, 0.5) is 5.69 Å². The Labute approximate surface area is 138 Å². The minimum absolute atomic E-state index is 0.289. The maximum absolute atomic E-state index is 12.6. The Bertz CT molecular complexity index is 873. The molecule has 6 nitrogen and oxygen atoms in total. The second-order valence-corrected chi connectivity index (χ2v) is 4.99. The predicted octanol–water partition coefficient (Wildman–Crippen LogP) is 2.91. The lowest BCUT2D eigenvalue weighted by Gasteiger charge is -2.10. The number of rotatable bonds is 4. The number of hydrogen-bond acceptors (Lipinski definition) is 4. The van der Waals surface area contributed by atoms with Gasteiger partial charge in [0, 0.05) is 18.1 Å². The molecule has 3 rings (SSSR count). The SMILES string of the molecule is COC(=O)c1cccc(NC(=O)c2ccccc2-n2cccn2)c1. The third-order valence-corrected chi connectivity index (χ3v) is 3.44. The van der Waals surface area contributed by atoms with Crippen molar-refractivity contribution in [3.8, 4) is 5.69 Å². The number of hydrogen-bond donors (Lipinski definition) is 1. The fourth-order valence-corrected chi connectivity index (χ4v) is 2.32. The Morgan fingerprint density at radius 1 is 1.08 bits per heavy atom. The van der Waals surface area contributed by atoms with Gasteiger partial charge in [-0.2, -0.15) is 5.10 Å². The van der Waals surface area contributed by atoms with E-state index in [1.165, 1.54) is 7.11 Å². The minimum atomic E-state index is -0.456. The number of ether oxygens (including phenoxy) is 1. The number of carbonyl (C=O) groups is 2. The molecule has 2 aromatic carbocycles. The third kappa shape index (κ3) is 3.17. The second-order valence-electron chi connectivity index (χ2n) is 4.99. The van der Waals surface area contributed by atoms with E-state index >= 15 is 0 Å². The number of para-hydroxylation sites is 1. The molecule has 0 spiro atoms. The molecule has 1 amide bonds. The summed E-state index contributed by atoms with van der Waals surface area (Å²) in [5.74, 6) is -0.744. The Balaban J connectivity index is 1.88. The number of benzene rings is 2. The van der Waals surface area contributed by atoms with E-state index in [1.807, 2.05) is 12.1 Å². The quantitative estimate of drug-likeness (QED) is 0.750. The van der Waals surface area contributed by atoms with Gasteiger partial charge in [-0.15, -0.1) is 0 Å². The Morgan fingerprint density at radius 3 is 2.67 bits per heavy atom. The van der Waals surface area contributed by atoms with Gasteiger partial charge in [-0.05, 0) is 36.4 Å². The van der Waals surface area contributed by atoms with Gasteiger partial charge in [-0.1, -0.05) is 18.2 Å². The maximum atomic E-state index is 12.6. The molecular weight excluding hydrogens is 306 g/mol. The van der Waals surface area contributed by atoms with Crippen LogP contribution < -0.4 is 5.32 Å². The number of esters is 1. The van der Waals surface area contributed by atoms with E-state index < -0.39 is 5.97 Å². The fourth-order valence-electron chi connectivity index (χ4n) is 2.32. The first-order valence-corrected chi connectivity index (χ1v) is 7.28. The van der Waals surface area contributed by atoms with Gasteiger partial charge in [0.15, 0.2) is 0 Å². The molecule has 1 aromatic heterocycles. The van der Waals surface area contributed by atoms with Crippen molar-refractivity contribution in [3.63, 3.8) is 0 Å². The van der Waals surface area contributed by atoms with Crippen LogP contribution in [-0.4, -0.2) is 28.8 Å². The zero-order valence-electron chi connectivity index (χ0n) is 13.0. The van der Waals surface area contributed by atoms with Crippen molar-refractivity contribution in [1.82, 2.24) is 9.78 Å². The molecule has 24 heavy (non-hydrogen) atoms. The van der Waals surface area contributed by atoms with E-state index in [0.29, 0.717) is 22.5 Å². The number of aromatic nitrogens is 2. The smallest absolute Gasteiger partial charge is 0.337 e.